The zero-order chi connectivity index (χ0) is 22.1. The summed E-state index contributed by atoms with van der Waals surface area (Å²) in [5, 5.41) is 8.38. The number of fused-ring (bicyclic) bond motifs is 1. The molecular weight excluding hydrogens is 409 g/mol. The number of aromatic nitrogens is 4. The molecule has 0 spiro atoms. The Bertz CT molecular complexity index is 1290. The lowest BCUT2D eigenvalue weighted by atomic mass is 10.0. The monoisotopic (exact) mass is 431 g/mol. The third kappa shape index (κ3) is 3.57. The first-order valence-electron chi connectivity index (χ1n) is 10.6. The van der Waals surface area contributed by atoms with Gasteiger partial charge in [0.15, 0.2) is 5.65 Å². The van der Waals surface area contributed by atoms with Crippen molar-refractivity contribution in [2.24, 2.45) is 0 Å². The van der Waals surface area contributed by atoms with Crippen LogP contribution < -0.4 is 9.64 Å². The van der Waals surface area contributed by atoms with Gasteiger partial charge in [-0.05, 0) is 55.7 Å². The number of hydrogen-bond acceptors (Lipinski definition) is 5. The summed E-state index contributed by atoms with van der Waals surface area (Å²) in [5.74, 6) is 1.05. The van der Waals surface area contributed by atoms with Crippen molar-refractivity contribution in [2.75, 3.05) is 18.6 Å². The number of nitrogens with zero attached hydrogens (tertiary/aromatic N) is 5. The number of aryl methyl sites for hydroxylation is 1. The summed E-state index contributed by atoms with van der Waals surface area (Å²) in [6.07, 6.45) is 5.95. The minimum absolute atomic E-state index is 0.112. The van der Waals surface area contributed by atoms with Gasteiger partial charge in [0.1, 0.15) is 23.7 Å². The molecule has 0 radical (unpaired) electrons. The van der Waals surface area contributed by atoms with Gasteiger partial charge in [0.2, 0.25) is 5.91 Å². The number of ether oxygens (including phenoxy) is 1. The molecule has 0 unspecified atom stereocenters. The fourth-order valence-electron chi connectivity index (χ4n) is 4.21. The first-order valence-corrected chi connectivity index (χ1v) is 10.6. The maximum absolute atomic E-state index is 14.3. The van der Waals surface area contributed by atoms with Crippen LogP contribution in [0.5, 0.6) is 5.75 Å². The van der Waals surface area contributed by atoms with Crippen LogP contribution in [0.4, 0.5) is 10.2 Å². The Labute approximate surface area is 184 Å². The molecule has 0 atom stereocenters. The minimum Gasteiger partial charge on any atom is -0.496 e. The summed E-state index contributed by atoms with van der Waals surface area (Å²) in [6, 6.07) is 12.6. The lowest BCUT2D eigenvalue weighted by Gasteiger charge is -2.15. The van der Waals surface area contributed by atoms with Crippen molar-refractivity contribution < 1.29 is 13.9 Å². The second kappa shape index (κ2) is 8.37. The van der Waals surface area contributed by atoms with Crippen molar-refractivity contribution in [1.29, 1.82) is 0 Å². The van der Waals surface area contributed by atoms with Gasteiger partial charge in [-0.3, -0.25) is 14.1 Å². The zero-order valence-corrected chi connectivity index (χ0v) is 17.7. The summed E-state index contributed by atoms with van der Waals surface area (Å²) in [6.45, 7) is 0.709. The Morgan fingerprint density at radius 3 is 2.78 bits per heavy atom. The molecule has 3 aromatic heterocycles. The molecule has 4 heterocycles. The molecule has 0 saturated carbocycles. The highest BCUT2D eigenvalue weighted by Gasteiger charge is 2.22. The average Bonchev–Trinajstić information content (AvgIpc) is 3.47. The SMILES string of the molecule is COc1cccc(F)c1CCc1ccc(-c2ccc(N3CCCC3=O)nc2)c2nncn12. The van der Waals surface area contributed by atoms with Crippen LogP contribution in [0.25, 0.3) is 16.8 Å². The molecule has 162 valence electrons. The van der Waals surface area contributed by atoms with E-state index in [0.717, 1.165) is 23.2 Å². The molecule has 0 N–H and O–H groups in total. The van der Waals surface area contributed by atoms with E-state index in [0.29, 0.717) is 48.6 Å². The molecule has 1 aliphatic rings. The van der Waals surface area contributed by atoms with E-state index >= 15 is 0 Å². The van der Waals surface area contributed by atoms with Gasteiger partial charge in [0, 0.05) is 41.5 Å². The molecule has 1 aliphatic heterocycles. The van der Waals surface area contributed by atoms with Crippen molar-refractivity contribution >= 4 is 17.4 Å². The van der Waals surface area contributed by atoms with Crippen LogP contribution in [0.3, 0.4) is 0 Å². The third-order valence-electron chi connectivity index (χ3n) is 5.88. The van der Waals surface area contributed by atoms with Gasteiger partial charge in [-0.2, -0.15) is 0 Å². The summed E-state index contributed by atoms with van der Waals surface area (Å²) in [4.78, 5) is 18.2. The van der Waals surface area contributed by atoms with Crippen LogP contribution in [0.2, 0.25) is 0 Å². The van der Waals surface area contributed by atoms with Gasteiger partial charge in [-0.15, -0.1) is 10.2 Å². The number of methoxy groups -OCH3 is 1. The molecule has 1 fully saturated rings. The van der Waals surface area contributed by atoms with E-state index < -0.39 is 0 Å². The normalized spacial score (nSPS) is 13.8. The second-order valence-corrected chi connectivity index (χ2v) is 7.74. The smallest absolute Gasteiger partial charge is 0.228 e. The largest absolute Gasteiger partial charge is 0.496 e. The predicted molar refractivity (Wildman–Crippen MR) is 118 cm³/mol. The Balaban J connectivity index is 1.42. The quantitative estimate of drug-likeness (QED) is 0.464. The highest BCUT2D eigenvalue weighted by atomic mass is 19.1. The third-order valence-corrected chi connectivity index (χ3v) is 5.88. The van der Waals surface area contributed by atoms with Gasteiger partial charge in [0.05, 0.1) is 7.11 Å². The molecule has 0 bridgehead atoms. The highest BCUT2D eigenvalue weighted by Crippen LogP contribution is 2.28. The Morgan fingerprint density at radius 1 is 1.12 bits per heavy atom. The van der Waals surface area contributed by atoms with Crippen molar-refractivity contribution in [1.82, 2.24) is 19.6 Å². The van der Waals surface area contributed by atoms with E-state index in [1.165, 1.54) is 6.07 Å². The van der Waals surface area contributed by atoms with Gasteiger partial charge < -0.3 is 4.74 Å². The fraction of sp³-hybridized carbons (Fsp3) is 0.250. The standard InChI is InChI=1S/C24H22FN5O2/c1-32-21-5-2-4-20(25)19(21)11-9-17-8-10-18(24-28-27-15-30(17)24)16-7-12-22(26-14-16)29-13-3-6-23(29)31/h2,4-5,7-8,10,12,14-15H,3,6,9,11,13H2,1H3. The van der Waals surface area contributed by atoms with Gasteiger partial charge >= 0.3 is 0 Å². The Kier molecular flexibility index (Phi) is 5.26. The summed E-state index contributed by atoms with van der Waals surface area (Å²) in [5.41, 5.74) is 4.00. The lowest BCUT2D eigenvalue weighted by Crippen LogP contribution is -2.24. The number of carbonyl (C=O) groups excluding carboxylic acids is 1. The molecular formula is C24H22FN5O2. The molecule has 8 heteroatoms. The first kappa shape index (κ1) is 20.1. The average molecular weight is 431 g/mol. The number of rotatable bonds is 6. The summed E-state index contributed by atoms with van der Waals surface area (Å²) >= 11 is 0. The number of carbonyl (C=O) groups is 1. The number of benzene rings is 1. The molecule has 0 aliphatic carbocycles. The molecule has 32 heavy (non-hydrogen) atoms. The molecule has 5 rings (SSSR count). The van der Waals surface area contributed by atoms with Crippen LogP contribution >= 0.6 is 0 Å². The van der Waals surface area contributed by atoms with E-state index in [4.69, 9.17) is 4.74 Å². The molecule has 4 aromatic rings. The molecule has 7 nitrogen and oxygen atoms in total. The fourth-order valence-corrected chi connectivity index (χ4v) is 4.21. The van der Waals surface area contributed by atoms with Crippen LogP contribution in [0.15, 0.2) is 55.0 Å². The van der Waals surface area contributed by atoms with Crippen molar-refractivity contribution in [3.05, 3.63) is 72.1 Å². The maximum Gasteiger partial charge on any atom is 0.228 e. The molecule has 1 amide bonds. The van der Waals surface area contributed by atoms with Crippen molar-refractivity contribution in [3.8, 4) is 16.9 Å². The summed E-state index contributed by atoms with van der Waals surface area (Å²) < 4.78 is 21.5. The second-order valence-electron chi connectivity index (χ2n) is 7.74. The van der Waals surface area contributed by atoms with E-state index in [2.05, 4.69) is 15.2 Å². The number of anilines is 1. The van der Waals surface area contributed by atoms with E-state index in [1.54, 1.807) is 36.7 Å². The first-order chi connectivity index (χ1) is 15.7. The highest BCUT2D eigenvalue weighted by molar-refractivity contribution is 5.94. The van der Waals surface area contributed by atoms with Crippen molar-refractivity contribution in [2.45, 2.75) is 25.7 Å². The van der Waals surface area contributed by atoms with Crippen molar-refractivity contribution in [3.63, 3.8) is 0 Å². The number of pyridine rings is 2. The van der Waals surface area contributed by atoms with Gasteiger partial charge in [-0.25, -0.2) is 9.37 Å². The number of hydrogen-bond donors (Lipinski definition) is 0. The van der Waals surface area contributed by atoms with E-state index in [1.807, 2.05) is 28.7 Å². The summed E-state index contributed by atoms with van der Waals surface area (Å²) in [7, 11) is 1.55. The lowest BCUT2D eigenvalue weighted by molar-refractivity contribution is -0.117. The van der Waals surface area contributed by atoms with Gasteiger partial charge in [-0.1, -0.05) is 6.07 Å². The van der Waals surface area contributed by atoms with Crippen LogP contribution in [0, 0.1) is 5.82 Å². The van der Waals surface area contributed by atoms with Crippen LogP contribution in [0.1, 0.15) is 24.1 Å². The zero-order valence-electron chi connectivity index (χ0n) is 17.7. The predicted octanol–water partition coefficient (Wildman–Crippen LogP) is 3.85. The van der Waals surface area contributed by atoms with E-state index in [-0.39, 0.29) is 11.7 Å². The Morgan fingerprint density at radius 2 is 2.03 bits per heavy atom. The van der Waals surface area contributed by atoms with Crippen LogP contribution in [-0.4, -0.2) is 39.1 Å². The van der Waals surface area contributed by atoms with Crippen LogP contribution in [-0.2, 0) is 17.6 Å². The van der Waals surface area contributed by atoms with Gasteiger partial charge in [0.25, 0.3) is 0 Å². The van der Waals surface area contributed by atoms with E-state index in [9.17, 15) is 9.18 Å². The maximum atomic E-state index is 14.3. The molecule has 1 aromatic carbocycles. The minimum atomic E-state index is -0.274. The number of amides is 1. The topological polar surface area (TPSA) is 72.6 Å². The Hall–Kier alpha value is -3.81. The molecule has 1 saturated heterocycles. The number of halogens is 1.